The third kappa shape index (κ3) is 6.84. The van der Waals surface area contributed by atoms with Crippen LogP contribution < -0.4 is 5.32 Å². The van der Waals surface area contributed by atoms with E-state index in [0.29, 0.717) is 6.42 Å². The summed E-state index contributed by atoms with van der Waals surface area (Å²) in [6.45, 7) is 0.249. The normalized spacial score (nSPS) is 11.0. The summed E-state index contributed by atoms with van der Waals surface area (Å²) < 4.78 is 4.94. The molecule has 1 aromatic carbocycles. The maximum absolute atomic E-state index is 11.5. The molecule has 1 amide bonds. The largest absolute Gasteiger partial charge is 0.480 e. The average molecular weight is 292 g/mol. The van der Waals surface area contributed by atoms with E-state index >= 15 is 0 Å². The van der Waals surface area contributed by atoms with Gasteiger partial charge in [0, 0.05) is 11.5 Å². The molecular weight excluding hydrogens is 276 g/mol. The number of carbonyl (C=O) groups is 2. The fraction of sp³-hybridized carbons (Fsp3) is 0.385. The van der Waals surface area contributed by atoms with Crippen molar-refractivity contribution in [2.75, 3.05) is 6.54 Å². The molecule has 0 unspecified atom stereocenters. The smallest absolute Gasteiger partial charge is 0.408 e. The van der Waals surface area contributed by atoms with Crippen LogP contribution >= 0.6 is 0 Å². The SMILES string of the molecule is [N-]=[N+]=NCCC[C@H](NC(=O)OCc1ccccc1)C(=O)O. The first-order valence-corrected chi connectivity index (χ1v) is 6.34. The second-order valence-electron chi connectivity index (χ2n) is 4.19. The number of nitrogens with one attached hydrogen (secondary N) is 1. The highest BCUT2D eigenvalue weighted by molar-refractivity contribution is 5.79. The Hall–Kier alpha value is -2.73. The zero-order valence-corrected chi connectivity index (χ0v) is 11.3. The number of nitrogens with zero attached hydrogens (tertiary/aromatic N) is 3. The fourth-order valence-corrected chi connectivity index (χ4v) is 1.58. The van der Waals surface area contributed by atoms with Crippen molar-refractivity contribution in [3.8, 4) is 0 Å². The Kier molecular flexibility index (Phi) is 7.17. The molecule has 0 aliphatic heterocycles. The van der Waals surface area contributed by atoms with Gasteiger partial charge in [-0.05, 0) is 23.9 Å². The highest BCUT2D eigenvalue weighted by Gasteiger charge is 2.19. The van der Waals surface area contributed by atoms with Crippen LogP contribution in [0.3, 0.4) is 0 Å². The summed E-state index contributed by atoms with van der Waals surface area (Å²) in [5.41, 5.74) is 8.92. The lowest BCUT2D eigenvalue weighted by atomic mass is 10.1. The number of hydrogen-bond donors (Lipinski definition) is 2. The number of ether oxygens (including phenoxy) is 1. The minimum Gasteiger partial charge on any atom is -0.480 e. The highest BCUT2D eigenvalue weighted by Crippen LogP contribution is 2.03. The number of hydrogen-bond acceptors (Lipinski definition) is 4. The van der Waals surface area contributed by atoms with Gasteiger partial charge >= 0.3 is 12.1 Å². The van der Waals surface area contributed by atoms with Gasteiger partial charge in [0.05, 0.1) is 0 Å². The molecule has 8 heteroatoms. The van der Waals surface area contributed by atoms with Gasteiger partial charge in [0.25, 0.3) is 0 Å². The van der Waals surface area contributed by atoms with Crippen LogP contribution in [0, 0.1) is 0 Å². The van der Waals surface area contributed by atoms with Gasteiger partial charge in [0.15, 0.2) is 0 Å². The Labute approximate surface area is 121 Å². The van der Waals surface area contributed by atoms with Crippen molar-refractivity contribution in [1.82, 2.24) is 5.32 Å². The Morgan fingerprint density at radius 3 is 2.71 bits per heavy atom. The molecule has 0 saturated heterocycles. The molecule has 112 valence electrons. The zero-order valence-electron chi connectivity index (χ0n) is 11.3. The molecule has 0 saturated carbocycles. The summed E-state index contributed by atoms with van der Waals surface area (Å²) in [4.78, 5) is 25.1. The van der Waals surface area contributed by atoms with E-state index in [9.17, 15) is 9.59 Å². The van der Waals surface area contributed by atoms with Crippen molar-refractivity contribution in [2.45, 2.75) is 25.5 Å². The van der Waals surface area contributed by atoms with Gasteiger partial charge in [0.1, 0.15) is 12.6 Å². The van der Waals surface area contributed by atoms with Crippen LogP contribution in [-0.2, 0) is 16.1 Å². The van der Waals surface area contributed by atoms with E-state index in [1.807, 2.05) is 18.2 Å². The predicted molar refractivity (Wildman–Crippen MR) is 74.4 cm³/mol. The van der Waals surface area contributed by atoms with Crippen molar-refractivity contribution < 1.29 is 19.4 Å². The summed E-state index contributed by atoms with van der Waals surface area (Å²) in [7, 11) is 0. The standard InChI is InChI=1S/C13H16N4O4/c14-17-15-8-4-7-11(12(18)19)16-13(20)21-9-10-5-2-1-3-6-10/h1-3,5-6,11H,4,7-9H2,(H,16,20)(H,18,19)/t11-/m0/s1. The summed E-state index contributed by atoms with van der Waals surface area (Å²) in [5, 5.41) is 14.6. The Morgan fingerprint density at radius 1 is 1.38 bits per heavy atom. The molecule has 1 aromatic rings. The molecule has 0 bridgehead atoms. The van der Waals surface area contributed by atoms with Gasteiger partial charge in [-0.2, -0.15) is 0 Å². The molecule has 0 heterocycles. The van der Waals surface area contributed by atoms with Gasteiger partial charge in [-0.3, -0.25) is 0 Å². The molecule has 2 N–H and O–H groups in total. The second kappa shape index (κ2) is 9.22. The topological polar surface area (TPSA) is 124 Å². The lowest BCUT2D eigenvalue weighted by molar-refractivity contribution is -0.139. The van der Waals surface area contributed by atoms with E-state index in [1.54, 1.807) is 12.1 Å². The molecule has 0 fully saturated rings. The van der Waals surface area contributed by atoms with Crippen molar-refractivity contribution in [1.29, 1.82) is 0 Å². The first-order valence-electron chi connectivity index (χ1n) is 6.34. The van der Waals surface area contributed by atoms with Crippen molar-refractivity contribution in [3.63, 3.8) is 0 Å². The number of amides is 1. The molecule has 0 radical (unpaired) electrons. The van der Waals surface area contributed by atoms with Gasteiger partial charge in [-0.15, -0.1) is 0 Å². The molecule has 0 aliphatic rings. The van der Waals surface area contributed by atoms with Crippen molar-refractivity contribution in [2.24, 2.45) is 5.11 Å². The summed E-state index contributed by atoms with van der Waals surface area (Å²) in [5.74, 6) is -1.16. The number of benzene rings is 1. The number of carboxylic acids is 1. The third-order valence-electron chi connectivity index (χ3n) is 2.62. The molecule has 1 rings (SSSR count). The van der Waals surface area contributed by atoms with Crippen LogP contribution in [0.25, 0.3) is 10.4 Å². The van der Waals surface area contributed by atoms with Gasteiger partial charge in [-0.1, -0.05) is 35.4 Å². The minimum absolute atomic E-state index is 0.0672. The number of carboxylic acid groups (broad SMARTS) is 1. The number of rotatable bonds is 8. The van der Waals surface area contributed by atoms with Crippen LogP contribution in [0.2, 0.25) is 0 Å². The van der Waals surface area contributed by atoms with Crippen molar-refractivity contribution >= 4 is 12.1 Å². The third-order valence-corrected chi connectivity index (χ3v) is 2.62. The molecular formula is C13H16N4O4. The van der Waals surface area contributed by atoms with Crippen LogP contribution in [0.4, 0.5) is 4.79 Å². The second-order valence-corrected chi connectivity index (χ2v) is 4.19. The van der Waals surface area contributed by atoms with Crippen LogP contribution in [-0.4, -0.2) is 29.8 Å². The van der Waals surface area contributed by atoms with E-state index in [-0.39, 0.29) is 19.6 Å². The predicted octanol–water partition coefficient (Wildman–Crippen LogP) is 2.46. The van der Waals surface area contributed by atoms with Crippen LogP contribution in [0.1, 0.15) is 18.4 Å². The quantitative estimate of drug-likeness (QED) is 0.330. The molecule has 1 atom stereocenters. The van der Waals surface area contributed by atoms with Crippen LogP contribution in [0.5, 0.6) is 0 Å². The summed E-state index contributed by atoms with van der Waals surface area (Å²) >= 11 is 0. The average Bonchev–Trinajstić information content (AvgIpc) is 2.49. The van der Waals surface area contributed by atoms with E-state index < -0.39 is 18.1 Å². The molecule has 0 aliphatic carbocycles. The zero-order chi connectivity index (χ0) is 15.5. The molecule has 8 nitrogen and oxygen atoms in total. The lowest BCUT2D eigenvalue weighted by Crippen LogP contribution is -2.41. The summed E-state index contributed by atoms with van der Waals surface area (Å²) in [6.07, 6.45) is -0.274. The van der Waals surface area contributed by atoms with Gasteiger partial charge in [-0.25, -0.2) is 9.59 Å². The molecule has 0 aromatic heterocycles. The number of azide groups is 1. The molecule has 21 heavy (non-hydrogen) atoms. The first kappa shape index (κ1) is 16.3. The maximum Gasteiger partial charge on any atom is 0.408 e. The summed E-state index contributed by atoms with van der Waals surface area (Å²) in [6, 6.07) is 7.98. The van der Waals surface area contributed by atoms with Crippen LogP contribution in [0.15, 0.2) is 35.4 Å². The molecule has 0 spiro atoms. The van der Waals surface area contributed by atoms with E-state index in [1.165, 1.54) is 0 Å². The monoisotopic (exact) mass is 292 g/mol. The minimum atomic E-state index is -1.16. The van der Waals surface area contributed by atoms with E-state index in [2.05, 4.69) is 15.3 Å². The Bertz CT molecular complexity index is 514. The number of aliphatic carboxylic acids is 1. The highest BCUT2D eigenvalue weighted by atomic mass is 16.5. The first-order chi connectivity index (χ1) is 10.1. The van der Waals surface area contributed by atoms with Gasteiger partial charge in [0.2, 0.25) is 0 Å². The van der Waals surface area contributed by atoms with E-state index in [4.69, 9.17) is 15.4 Å². The lowest BCUT2D eigenvalue weighted by Gasteiger charge is -2.14. The maximum atomic E-state index is 11.5. The fourth-order valence-electron chi connectivity index (χ4n) is 1.58. The van der Waals surface area contributed by atoms with Crippen molar-refractivity contribution in [3.05, 3.63) is 46.3 Å². The number of alkyl carbamates (subject to hydrolysis) is 1. The van der Waals surface area contributed by atoms with E-state index in [0.717, 1.165) is 5.56 Å². The van der Waals surface area contributed by atoms with Gasteiger partial charge < -0.3 is 15.2 Å². The Morgan fingerprint density at radius 2 is 2.10 bits per heavy atom. The Balaban J connectivity index is 2.37. The number of carbonyl (C=O) groups excluding carboxylic acids is 1.